The van der Waals surface area contributed by atoms with Gasteiger partial charge in [0.25, 0.3) is 0 Å². The van der Waals surface area contributed by atoms with Crippen LogP contribution in [0.2, 0.25) is 4.34 Å². The van der Waals surface area contributed by atoms with E-state index < -0.39 is 0 Å². The molecule has 3 aromatic heterocycles. The molecule has 0 aliphatic heterocycles. The molecule has 0 N–H and O–H groups in total. The number of nitrogens with zero attached hydrogens (tertiary/aromatic N) is 2. The van der Waals surface area contributed by atoms with Crippen molar-refractivity contribution in [2.24, 2.45) is 0 Å². The zero-order valence-electron chi connectivity index (χ0n) is 14.3. The average Bonchev–Trinajstić information content (AvgIpc) is 3.36. The standard InChI is InChI=1S/C21H15ClN2O2S/c22-21-8-7-20(27-21)19(25)6-5-17-13-18(24-26-17)16-3-1-14(2-4-16)15-9-11-23-12-10-15/h1-4,7-13H,5-6H2. The molecule has 6 heteroatoms. The molecule has 0 aliphatic carbocycles. The summed E-state index contributed by atoms with van der Waals surface area (Å²) in [5.41, 5.74) is 3.96. The minimum absolute atomic E-state index is 0.0616. The molecule has 0 radical (unpaired) electrons. The molecule has 1 aromatic carbocycles. The summed E-state index contributed by atoms with van der Waals surface area (Å²) in [7, 11) is 0. The highest BCUT2D eigenvalue weighted by Gasteiger charge is 2.12. The minimum atomic E-state index is 0.0616. The molecule has 0 atom stereocenters. The maximum absolute atomic E-state index is 12.2. The van der Waals surface area contributed by atoms with Crippen molar-refractivity contribution in [3.05, 3.63) is 82.0 Å². The van der Waals surface area contributed by atoms with Gasteiger partial charge >= 0.3 is 0 Å². The second-order valence-electron chi connectivity index (χ2n) is 6.02. The Hall–Kier alpha value is -2.76. The highest BCUT2D eigenvalue weighted by Crippen LogP contribution is 2.26. The number of hydrogen-bond donors (Lipinski definition) is 0. The SMILES string of the molecule is O=C(CCc1cc(-c2ccc(-c3ccncc3)cc2)no1)c1ccc(Cl)s1. The lowest BCUT2D eigenvalue weighted by atomic mass is 10.0. The van der Waals surface area contributed by atoms with Gasteiger partial charge in [-0.25, -0.2) is 0 Å². The molecule has 0 unspecified atom stereocenters. The number of thiophene rings is 1. The molecule has 0 saturated carbocycles. The van der Waals surface area contributed by atoms with E-state index >= 15 is 0 Å². The summed E-state index contributed by atoms with van der Waals surface area (Å²) in [6.45, 7) is 0. The van der Waals surface area contributed by atoms with Gasteiger partial charge < -0.3 is 4.52 Å². The molecule has 4 nitrogen and oxygen atoms in total. The lowest BCUT2D eigenvalue weighted by Crippen LogP contribution is -1.97. The number of benzene rings is 1. The van der Waals surface area contributed by atoms with Crippen molar-refractivity contribution < 1.29 is 9.32 Å². The van der Waals surface area contributed by atoms with Gasteiger partial charge in [0.05, 0.1) is 9.21 Å². The molecule has 0 fully saturated rings. The van der Waals surface area contributed by atoms with Crippen LogP contribution in [0.25, 0.3) is 22.4 Å². The van der Waals surface area contributed by atoms with Gasteiger partial charge in [0.1, 0.15) is 11.5 Å². The molecule has 27 heavy (non-hydrogen) atoms. The number of rotatable bonds is 6. The molecule has 4 rings (SSSR count). The maximum Gasteiger partial charge on any atom is 0.173 e. The molecule has 0 bridgehead atoms. The predicted octanol–water partition coefficient (Wildman–Crippen LogP) is 5.93. The monoisotopic (exact) mass is 394 g/mol. The van der Waals surface area contributed by atoms with Crippen molar-refractivity contribution in [1.29, 1.82) is 0 Å². The Kier molecular flexibility index (Phi) is 5.14. The fourth-order valence-electron chi connectivity index (χ4n) is 2.77. The summed E-state index contributed by atoms with van der Waals surface area (Å²) in [5.74, 6) is 0.755. The summed E-state index contributed by atoms with van der Waals surface area (Å²) < 4.78 is 6.01. The number of Topliss-reactive ketones (excluding diaryl/α,β-unsaturated/α-hetero) is 1. The normalized spacial score (nSPS) is 10.9. The largest absolute Gasteiger partial charge is 0.361 e. The summed E-state index contributed by atoms with van der Waals surface area (Å²) in [6.07, 6.45) is 4.43. The Morgan fingerprint density at radius 2 is 1.67 bits per heavy atom. The number of carbonyl (C=O) groups excluding carboxylic acids is 1. The number of halogens is 1. The second kappa shape index (κ2) is 7.86. The van der Waals surface area contributed by atoms with E-state index in [1.165, 1.54) is 11.3 Å². The summed E-state index contributed by atoms with van der Waals surface area (Å²) in [6, 6.07) is 17.4. The van der Waals surface area contributed by atoms with Crippen molar-refractivity contribution in [2.45, 2.75) is 12.8 Å². The van der Waals surface area contributed by atoms with Gasteiger partial charge in [-0.15, -0.1) is 11.3 Å². The first-order valence-electron chi connectivity index (χ1n) is 8.44. The van der Waals surface area contributed by atoms with Crippen LogP contribution in [0.5, 0.6) is 0 Å². The van der Waals surface area contributed by atoms with Gasteiger partial charge in [0.15, 0.2) is 5.78 Å². The average molecular weight is 395 g/mol. The highest BCUT2D eigenvalue weighted by molar-refractivity contribution is 7.18. The molecular weight excluding hydrogens is 380 g/mol. The molecule has 0 saturated heterocycles. The molecule has 0 spiro atoms. The maximum atomic E-state index is 12.2. The van der Waals surface area contributed by atoms with Gasteiger partial charge in [-0.05, 0) is 35.4 Å². The van der Waals surface area contributed by atoms with E-state index in [0.29, 0.717) is 27.8 Å². The smallest absolute Gasteiger partial charge is 0.173 e. The van der Waals surface area contributed by atoms with Crippen LogP contribution in [0.1, 0.15) is 21.9 Å². The Morgan fingerprint density at radius 3 is 2.37 bits per heavy atom. The number of carbonyl (C=O) groups is 1. The predicted molar refractivity (Wildman–Crippen MR) is 107 cm³/mol. The molecule has 4 aromatic rings. The van der Waals surface area contributed by atoms with Gasteiger partial charge in [0, 0.05) is 36.9 Å². The van der Waals surface area contributed by atoms with Crippen LogP contribution >= 0.6 is 22.9 Å². The highest BCUT2D eigenvalue weighted by atomic mass is 35.5. The zero-order chi connectivity index (χ0) is 18.6. The van der Waals surface area contributed by atoms with Crippen molar-refractivity contribution in [3.63, 3.8) is 0 Å². The molecular formula is C21H15ClN2O2S. The Labute approximate surface area is 165 Å². The molecule has 0 aliphatic rings. The van der Waals surface area contributed by atoms with Gasteiger partial charge in [0.2, 0.25) is 0 Å². The zero-order valence-corrected chi connectivity index (χ0v) is 15.8. The number of aryl methyl sites for hydroxylation is 1. The molecule has 0 amide bonds. The third-order valence-corrected chi connectivity index (χ3v) is 5.47. The van der Waals surface area contributed by atoms with E-state index in [1.54, 1.807) is 24.5 Å². The number of aromatic nitrogens is 2. The summed E-state index contributed by atoms with van der Waals surface area (Å²) in [4.78, 5) is 16.9. The third-order valence-electron chi connectivity index (χ3n) is 4.20. The van der Waals surface area contributed by atoms with Crippen molar-refractivity contribution in [2.75, 3.05) is 0 Å². The number of ketones is 1. The van der Waals surface area contributed by atoms with E-state index in [1.807, 2.05) is 42.5 Å². The van der Waals surface area contributed by atoms with Crippen LogP contribution in [-0.4, -0.2) is 15.9 Å². The van der Waals surface area contributed by atoms with Crippen molar-refractivity contribution in [1.82, 2.24) is 10.1 Å². The lowest BCUT2D eigenvalue weighted by Gasteiger charge is -2.02. The molecule has 134 valence electrons. The van der Waals surface area contributed by atoms with E-state index in [-0.39, 0.29) is 5.78 Å². The topological polar surface area (TPSA) is 56.0 Å². The third kappa shape index (κ3) is 4.15. The van der Waals surface area contributed by atoms with Gasteiger partial charge in [-0.1, -0.05) is 41.0 Å². The first kappa shape index (κ1) is 17.6. The first-order chi connectivity index (χ1) is 13.2. The van der Waals surface area contributed by atoms with E-state index in [0.717, 1.165) is 22.4 Å². The lowest BCUT2D eigenvalue weighted by molar-refractivity contribution is 0.0984. The van der Waals surface area contributed by atoms with Crippen LogP contribution in [0.4, 0.5) is 0 Å². The Balaban J connectivity index is 1.42. The van der Waals surface area contributed by atoms with Gasteiger partial charge in [-0.3, -0.25) is 9.78 Å². The second-order valence-corrected chi connectivity index (χ2v) is 7.73. The van der Waals surface area contributed by atoms with Crippen LogP contribution in [0.3, 0.4) is 0 Å². The fourth-order valence-corrected chi connectivity index (χ4v) is 3.78. The number of hydrogen-bond acceptors (Lipinski definition) is 5. The van der Waals surface area contributed by atoms with Crippen LogP contribution < -0.4 is 0 Å². The summed E-state index contributed by atoms with van der Waals surface area (Å²) in [5, 5.41) is 4.13. The number of pyridine rings is 1. The Morgan fingerprint density at radius 1 is 0.963 bits per heavy atom. The molecule has 3 heterocycles. The van der Waals surface area contributed by atoms with Crippen molar-refractivity contribution in [3.8, 4) is 22.4 Å². The minimum Gasteiger partial charge on any atom is -0.361 e. The van der Waals surface area contributed by atoms with Gasteiger partial charge in [-0.2, -0.15) is 0 Å². The van der Waals surface area contributed by atoms with E-state index in [2.05, 4.69) is 10.1 Å². The summed E-state index contributed by atoms with van der Waals surface area (Å²) >= 11 is 7.18. The first-order valence-corrected chi connectivity index (χ1v) is 9.63. The Bertz CT molecular complexity index is 1060. The van der Waals surface area contributed by atoms with Crippen LogP contribution in [0.15, 0.2) is 71.5 Å². The van der Waals surface area contributed by atoms with E-state index in [4.69, 9.17) is 16.1 Å². The van der Waals surface area contributed by atoms with E-state index in [9.17, 15) is 4.79 Å². The quantitative estimate of drug-likeness (QED) is 0.380. The van der Waals surface area contributed by atoms with Crippen LogP contribution in [0, 0.1) is 0 Å². The van der Waals surface area contributed by atoms with Crippen molar-refractivity contribution >= 4 is 28.7 Å². The van der Waals surface area contributed by atoms with Crippen LogP contribution in [-0.2, 0) is 6.42 Å². The fraction of sp³-hybridized carbons (Fsp3) is 0.0952.